The van der Waals surface area contributed by atoms with E-state index in [-0.39, 0.29) is 0 Å². The molecule has 0 aromatic heterocycles. The van der Waals surface area contributed by atoms with Gasteiger partial charge in [0, 0.05) is 10.0 Å². The molecule has 0 saturated carbocycles. The van der Waals surface area contributed by atoms with Gasteiger partial charge in [-0.25, -0.2) is 0 Å². The van der Waals surface area contributed by atoms with Gasteiger partial charge in [0.05, 0.1) is 4.92 Å². The summed E-state index contributed by atoms with van der Waals surface area (Å²) in [7, 11) is 0. The molecule has 3 nitrogen and oxygen atoms in total. The molecular weight excluding hydrogens is 234 g/mol. The van der Waals surface area contributed by atoms with Crippen LogP contribution in [0.1, 0.15) is 12.5 Å². The fourth-order valence-electron chi connectivity index (χ4n) is 0.945. The topological polar surface area (TPSA) is 43.1 Å². The predicted octanol–water partition coefficient (Wildman–Crippen LogP) is 3.09. The fourth-order valence-corrected chi connectivity index (χ4v) is 1.21. The first-order valence-electron chi connectivity index (χ1n) is 3.67. The second-order valence-corrected chi connectivity index (χ2v) is 3.52. The van der Waals surface area contributed by atoms with E-state index in [0.717, 1.165) is 16.2 Å². The molecule has 1 rings (SSSR count). The summed E-state index contributed by atoms with van der Waals surface area (Å²) in [5, 5.41) is 10.2. The van der Waals surface area contributed by atoms with Gasteiger partial charge >= 0.3 is 0 Å². The molecule has 0 spiro atoms. The quantitative estimate of drug-likeness (QED) is 0.590. The lowest BCUT2D eigenvalue weighted by atomic mass is 10.1. The van der Waals surface area contributed by atoms with Gasteiger partial charge in [-0.1, -0.05) is 28.1 Å². The van der Waals surface area contributed by atoms with Crippen molar-refractivity contribution in [2.24, 2.45) is 0 Å². The lowest BCUT2D eigenvalue weighted by Crippen LogP contribution is -1.87. The number of allylic oxidation sites excluding steroid dienone is 1. The van der Waals surface area contributed by atoms with Gasteiger partial charge in [0.2, 0.25) is 6.20 Å². The molecule has 1 aromatic rings. The molecule has 1 aromatic carbocycles. The highest BCUT2D eigenvalue weighted by molar-refractivity contribution is 9.10. The van der Waals surface area contributed by atoms with E-state index in [4.69, 9.17) is 0 Å². The van der Waals surface area contributed by atoms with E-state index in [1.807, 2.05) is 24.3 Å². The van der Waals surface area contributed by atoms with Gasteiger partial charge in [-0.2, -0.15) is 0 Å². The minimum atomic E-state index is -0.447. The van der Waals surface area contributed by atoms with E-state index in [9.17, 15) is 10.1 Å². The van der Waals surface area contributed by atoms with Crippen molar-refractivity contribution in [1.82, 2.24) is 0 Å². The molecule has 0 aliphatic heterocycles. The zero-order chi connectivity index (χ0) is 9.84. The third-order valence-corrected chi connectivity index (χ3v) is 2.13. The van der Waals surface area contributed by atoms with E-state index >= 15 is 0 Å². The number of nitrogens with zero attached hydrogens (tertiary/aromatic N) is 1. The van der Waals surface area contributed by atoms with Crippen LogP contribution in [0.15, 0.2) is 34.9 Å². The summed E-state index contributed by atoms with van der Waals surface area (Å²) in [4.78, 5) is 9.72. The number of benzene rings is 1. The molecule has 0 aliphatic rings. The third-order valence-electron chi connectivity index (χ3n) is 1.60. The Bertz CT molecular complexity index is 343. The van der Waals surface area contributed by atoms with Gasteiger partial charge in [0.25, 0.3) is 0 Å². The van der Waals surface area contributed by atoms with Crippen LogP contribution in [-0.2, 0) is 0 Å². The maximum absolute atomic E-state index is 10.2. The maximum Gasteiger partial charge on any atom is 0.237 e. The molecule has 13 heavy (non-hydrogen) atoms. The second kappa shape index (κ2) is 4.18. The van der Waals surface area contributed by atoms with Crippen molar-refractivity contribution in [1.29, 1.82) is 0 Å². The van der Waals surface area contributed by atoms with Crippen LogP contribution in [0.3, 0.4) is 0 Å². The summed E-state index contributed by atoms with van der Waals surface area (Å²) in [5.41, 5.74) is 1.51. The van der Waals surface area contributed by atoms with Crippen LogP contribution in [0.5, 0.6) is 0 Å². The molecule has 0 unspecified atom stereocenters. The van der Waals surface area contributed by atoms with E-state index in [1.165, 1.54) is 0 Å². The monoisotopic (exact) mass is 241 g/mol. The number of hydrogen-bond acceptors (Lipinski definition) is 2. The van der Waals surface area contributed by atoms with Gasteiger partial charge in [-0.05, 0) is 24.6 Å². The molecule has 0 radical (unpaired) electrons. The molecule has 0 amide bonds. The van der Waals surface area contributed by atoms with Crippen molar-refractivity contribution >= 4 is 21.5 Å². The molecule has 0 bridgehead atoms. The minimum Gasteiger partial charge on any atom is -0.259 e. The van der Waals surface area contributed by atoms with Gasteiger partial charge < -0.3 is 0 Å². The van der Waals surface area contributed by atoms with Crippen molar-refractivity contribution in [3.63, 3.8) is 0 Å². The molecule has 0 N–H and O–H groups in total. The maximum atomic E-state index is 10.2. The number of hydrogen-bond donors (Lipinski definition) is 0. The van der Waals surface area contributed by atoms with Gasteiger partial charge in [0.1, 0.15) is 0 Å². The van der Waals surface area contributed by atoms with Gasteiger partial charge in [-0.3, -0.25) is 10.1 Å². The Morgan fingerprint density at radius 2 is 2.00 bits per heavy atom. The van der Waals surface area contributed by atoms with Crippen LogP contribution in [-0.4, -0.2) is 4.92 Å². The molecular formula is C9H8BrNO2. The molecule has 0 saturated heterocycles. The molecule has 68 valence electrons. The Morgan fingerprint density at radius 1 is 1.46 bits per heavy atom. The average Bonchev–Trinajstić information content (AvgIpc) is 2.04. The molecule has 4 heteroatoms. The van der Waals surface area contributed by atoms with Gasteiger partial charge in [-0.15, -0.1) is 0 Å². The Balaban J connectivity index is 2.96. The van der Waals surface area contributed by atoms with Crippen molar-refractivity contribution in [3.8, 4) is 0 Å². The van der Waals surface area contributed by atoms with Crippen molar-refractivity contribution < 1.29 is 4.92 Å². The Kier molecular flexibility index (Phi) is 3.19. The fraction of sp³-hybridized carbons (Fsp3) is 0.111. The normalized spacial score (nSPS) is 11.4. The van der Waals surface area contributed by atoms with E-state index < -0.39 is 4.92 Å². The van der Waals surface area contributed by atoms with E-state index in [2.05, 4.69) is 15.9 Å². The van der Waals surface area contributed by atoms with Crippen LogP contribution in [0.4, 0.5) is 0 Å². The molecule has 0 heterocycles. The first-order valence-corrected chi connectivity index (χ1v) is 4.47. The largest absolute Gasteiger partial charge is 0.259 e. The highest BCUT2D eigenvalue weighted by Crippen LogP contribution is 2.16. The van der Waals surface area contributed by atoms with Gasteiger partial charge in [0.15, 0.2) is 0 Å². The summed E-state index contributed by atoms with van der Waals surface area (Å²) in [6.45, 7) is 1.71. The first-order chi connectivity index (χ1) is 6.09. The lowest BCUT2D eigenvalue weighted by Gasteiger charge is -1.97. The molecule has 0 aliphatic carbocycles. The summed E-state index contributed by atoms with van der Waals surface area (Å²) in [5.74, 6) is 0. The van der Waals surface area contributed by atoms with Crippen molar-refractivity contribution in [3.05, 3.63) is 50.6 Å². The number of nitro groups is 1. The Labute approximate surface area is 84.4 Å². The van der Waals surface area contributed by atoms with Crippen molar-refractivity contribution in [2.45, 2.75) is 6.92 Å². The smallest absolute Gasteiger partial charge is 0.237 e. The zero-order valence-electron chi connectivity index (χ0n) is 7.03. The van der Waals surface area contributed by atoms with Crippen molar-refractivity contribution in [2.75, 3.05) is 0 Å². The summed E-state index contributed by atoms with van der Waals surface area (Å²) in [6.07, 6.45) is 1.00. The molecule has 0 fully saturated rings. The Morgan fingerprint density at radius 3 is 2.46 bits per heavy atom. The van der Waals surface area contributed by atoms with Crippen LogP contribution in [0.2, 0.25) is 0 Å². The summed E-state index contributed by atoms with van der Waals surface area (Å²) < 4.78 is 0.963. The van der Waals surface area contributed by atoms with Crippen LogP contribution >= 0.6 is 15.9 Å². The predicted molar refractivity (Wildman–Crippen MR) is 54.8 cm³/mol. The summed E-state index contributed by atoms with van der Waals surface area (Å²) >= 11 is 3.29. The minimum absolute atomic E-state index is 0.447. The summed E-state index contributed by atoms with van der Waals surface area (Å²) in [6, 6.07) is 7.37. The van der Waals surface area contributed by atoms with E-state index in [0.29, 0.717) is 5.57 Å². The van der Waals surface area contributed by atoms with Crippen LogP contribution < -0.4 is 0 Å². The molecule has 0 atom stereocenters. The highest BCUT2D eigenvalue weighted by atomic mass is 79.9. The lowest BCUT2D eigenvalue weighted by molar-refractivity contribution is -0.401. The number of rotatable bonds is 2. The second-order valence-electron chi connectivity index (χ2n) is 2.60. The third kappa shape index (κ3) is 2.99. The number of halogens is 1. The highest BCUT2D eigenvalue weighted by Gasteiger charge is 1.99. The first kappa shape index (κ1) is 9.92. The van der Waals surface area contributed by atoms with Crippen LogP contribution in [0.25, 0.3) is 5.57 Å². The Hall–Kier alpha value is -1.16. The average molecular weight is 242 g/mol. The van der Waals surface area contributed by atoms with Crippen LogP contribution in [0, 0.1) is 10.1 Å². The standard InChI is InChI=1S/C9H8BrNO2/c1-7(6-11(12)13)8-2-4-9(10)5-3-8/h2-6H,1H3/b7-6-. The zero-order valence-corrected chi connectivity index (χ0v) is 8.61. The van der Waals surface area contributed by atoms with E-state index in [1.54, 1.807) is 6.92 Å². The SMILES string of the molecule is C/C(=C/[N+](=O)[O-])c1ccc(Br)cc1.